The van der Waals surface area contributed by atoms with E-state index >= 15 is 0 Å². The summed E-state index contributed by atoms with van der Waals surface area (Å²) in [6.07, 6.45) is 0.726. The van der Waals surface area contributed by atoms with Gasteiger partial charge in [-0.1, -0.05) is 0 Å². The molecule has 0 aliphatic carbocycles. The van der Waals surface area contributed by atoms with Crippen molar-refractivity contribution < 1.29 is 14.6 Å². The van der Waals surface area contributed by atoms with Crippen molar-refractivity contribution in [3.8, 4) is 0 Å². The van der Waals surface area contributed by atoms with Gasteiger partial charge in [-0.15, -0.1) is 0 Å². The molecule has 3 heteroatoms. The first-order chi connectivity index (χ1) is 4.54. The van der Waals surface area contributed by atoms with Crippen LogP contribution < -0.4 is 0 Å². The summed E-state index contributed by atoms with van der Waals surface area (Å²) in [4.78, 5) is 10.6. The maximum atomic E-state index is 10.6. The largest absolute Gasteiger partial charge is 0.481 e. The monoisotopic (exact) mass is 144 g/mol. The molecule has 0 spiro atoms. The summed E-state index contributed by atoms with van der Waals surface area (Å²) in [5, 5.41) is 8.71. The Hall–Kier alpha value is -0.570. The summed E-state index contributed by atoms with van der Waals surface area (Å²) in [7, 11) is 0. The Morgan fingerprint density at radius 1 is 1.80 bits per heavy atom. The van der Waals surface area contributed by atoms with Crippen LogP contribution in [0, 0.1) is 5.41 Å². The van der Waals surface area contributed by atoms with E-state index in [-0.39, 0.29) is 6.10 Å². The van der Waals surface area contributed by atoms with E-state index in [1.165, 1.54) is 0 Å². The van der Waals surface area contributed by atoms with E-state index in [0.717, 1.165) is 0 Å². The van der Waals surface area contributed by atoms with Gasteiger partial charge in [0, 0.05) is 0 Å². The van der Waals surface area contributed by atoms with Crippen LogP contribution in [0.25, 0.3) is 0 Å². The average molecular weight is 144 g/mol. The number of carbonyl (C=O) groups is 1. The highest BCUT2D eigenvalue weighted by Crippen LogP contribution is 2.31. The van der Waals surface area contributed by atoms with Crippen LogP contribution in [-0.4, -0.2) is 23.8 Å². The molecule has 1 saturated heterocycles. The van der Waals surface area contributed by atoms with Crippen molar-refractivity contribution in [3.05, 3.63) is 0 Å². The molecular formula is C7H12O3. The Kier molecular flexibility index (Phi) is 1.68. The molecule has 3 nitrogen and oxygen atoms in total. The highest BCUT2D eigenvalue weighted by Gasteiger charge is 2.40. The maximum Gasteiger partial charge on any atom is 0.311 e. The Balaban J connectivity index is 2.63. The van der Waals surface area contributed by atoms with Gasteiger partial charge in [0.05, 0.1) is 18.1 Å². The van der Waals surface area contributed by atoms with Gasteiger partial charge in [-0.05, 0) is 20.3 Å². The summed E-state index contributed by atoms with van der Waals surface area (Å²) in [6.45, 7) is 3.97. The molecule has 1 aliphatic rings. The molecule has 10 heavy (non-hydrogen) atoms. The van der Waals surface area contributed by atoms with Gasteiger partial charge < -0.3 is 9.84 Å². The van der Waals surface area contributed by atoms with E-state index in [1.54, 1.807) is 6.92 Å². The van der Waals surface area contributed by atoms with Crippen molar-refractivity contribution in [3.63, 3.8) is 0 Å². The van der Waals surface area contributed by atoms with Gasteiger partial charge in [-0.3, -0.25) is 4.79 Å². The summed E-state index contributed by atoms with van der Waals surface area (Å²) >= 11 is 0. The minimum Gasteiger partial charge on any atom is -0.481 e. The molecule has 0 aromatic heterocycles. The van der Waals surface area contributed by atoms with Gasteiger partial charge in [0.25, 0.3) is 0 Å². The molecule has 1 rings (SSSR count). The first-order valence-electron chi connectivity index (χ1n) is 3.39. The maximum absolute atomic E-state index is 10.6. The fraction of sp³-hybridized carbons (Fsp3) is 0.857. The van der Waals surface area contributed by atoms with Gasteiger partial charge >= 0.3 is 5.97 Å². The van der Waals surface area contributed by atoms with Gasteiger partial charge in [0.1, 0.15) is 0 Å². The second-order valence-electron chi connectivity index (χ2n) is 3.19. The molecule has 1 aliphatic heterocycles. The number of aliphatic carboxylic acids is 1. The van der Waals surface area contributed by atoms with E-state index in [1.807, 2.05) is 6.92 Å². The van der Waals surface area contributed by atoms with Crippen LogP contribution in [-0.2, 0) is 9.53 Å². The van der Waals surface area contributed by atoms with Gasteiger partial charge in [0.15, 0.2) is 0 Å². The second-order valence-corrected chi connectivity index (χ2v) is 3.19. The molecule has 2 atom stereocenters. The van der Waals surface area contributed by atoms with E-state index in [0.29, 0.717) is 13.0 Å². The smallest absolute Gasteiger partial charge is 0.311 e. The van der Waals surface area contributed by atoms with Crippen molar-refractivity contribution in [2.75, 3.05) is 6.61 Å². The van der Waals surface area contributed by atoms with Crippen LogP contribution in [0.15, 0.2) is 0 Å². The molecule has 0 aromatic carbocycles. The van der Waals surface area contributed by atoms with Crippen molar-refractivity contribution in [2.45, 2.75) is 26.4 Å². The predicted octanol–water partition coefficient (Wildman–Crippen LogP) is 0.886. The molecule has 0 amide bonds. The topological polar surface area (TPSA) is 46.5 Å². The lowest BCUT2D eigenvalue weighted by atomic mass is 9.88. The lowest BCUT2D eigenvalue weighted by molar-refractivity contribution is -0.147. The van der Waals surface area contributed by atoms with E-state index in [2.05, 4.69) is 0 Å². The highest BCUT2D eigenvalue weighted by atomic mass is 16.5. The summed E-state index contributed by atoms with van der Waals surface area (Å²) < 4.78 is 5.15. The molecule has 1 heterocycles. The van der Waals surface area contributed by atoms with Gasteiger partial charge in [0.2, 0.25) is 0 Å². The summed E-state index contributed by atoms with van der Waals surface area (Å²) in [5.74, 6) is -0.753. The van der Waals surface area contributed by atoms with Crippen LogP contribution in [0.5, 0.6) is 0 Å². The van der Waals surface area contributed by atoms with Crippen molar-refractivity contribution in [1.29, 1.82) is 0 Å². The molecule has 0 unspecified atom stereocenters. The molecule has 0 saturated carbocycles. The molecular weight excluding hydrogens is 132 g/mol. The average Bonchev–Trinajstić information content (AvgIpc) is 2.13. The Labute approximate surface area is 60.0 Å². The van der Waals surface area contributed by atoms with Crippen molar-refractivity contribution in [2.24, 2.45) is 5.41 Å². The van der Waals surface area contributed by atoms with E-state index in [9.17, 15) is 4.79 Å². The second kappa shape index (κ2) is 2.23. The Morgan fingerprint density at radius 2 is 2.40 bits per heavy atom. The molecule has 1 fully saturated rings. The standard InChI is InChI=1S/C7H12O3/c1-5-3-7(2,4-10-5)6(8)9/h5H,3-4H2,1-2H3,(H,8,9)/t5-,7+/m1/s1. The third kappa shape index (κ3) is 1.14. The molecule has 0 aromatic rings. The fourth-order valence-electron chi connectivity index (χ4n) is 1.23. The quantitative estimate of drug-likeness (QED) is 0.594. The SMILES string of the molecule is C[C@@H]1C[C@](C)(C(=O)O)CO1. The first-order valence-corrected chi connectivity index (χ1v) is 3.39. The highest BCUT2D eigenvalue weighted by molar-refractivity contribution is 5.74. The molecule has 0 bridgehead atoms. The van der Waals surface area contributed by atoms with Gasteiger partial charge in [-0.2, -0.15) is 0 Å². The number of rotatable bonds is 1. The number of hydrogen-bond donors (Lipinski definition) is 1. The minimum absolute atomic E-state index is 0.0982. The number of ether oxygens (including phenoxy) is 1. The van der Waals surface area contributed by atoms with Gasteiger partial charge in [-0.25, -0.2) is 0 Å². The fourth-order valence-corrected chi connectivity index (χ4v) is 1.23. The number of carboxylic acid groups (broad SMARTS) is 1. The zero-order valence-corrected chi connectivity index (χ0v) is 6.26. The predicted molar refractivity (Wildman–Crippen MR) is 35.8 cm³/mol. The zero-order valence-electron chi connectivity index (χ0n) is 6.26. The van der Waals surface area contributed by atoms with E-state index < -0.39 is 11.4 Å². The first kappa shape index (κ1) is 7.54. The molecule has 1 N–H and O–H groups in total. The Morgan fingerprint density at radius 3 is 2.60 bits per heavy atom. The molecule has 58 valence electrons. The summed E-state index contributed by atoms with van der Waals surface area (Å²) in [6, 6.07) is 0. The summed E-state index contributed by atoms with van der Waals surface area (Å²) in [5.41, 5.74) is -0.639. The lowest BCUT2D eigenvalue weighted by Crippen LogP contribution is -2.27. The lowest BCUT2D eigenvalue weighted by Gasteiger charge is -2.13. The number of hydrogen-bond acceptors (Lipinski definition) is 2. The zero-order chi connectivity index (χ0) is 7.78. The molecule has 0 radical (unpaired) electrons. The van der Waals surface area contributed by atoms with Crippen LogP contribution >= 0.6 is 0 Å². The Bertz CT molecular complexity index is 155. The third-order valence-corrected chi connectivity index (χ3v) is 1.94. The minimum atomic E-state index is -0.753. The normalized spacial score (nSPS) is 40.0. The third-order valence-electron chi connectivity index (χ3n) is 1.94. The van der Waals surface area contributed by atoms with Crippen LogP contribution in [0.3, 0.4) is 0 Å². The van der Waals surface area contributed by atoms with Crippen molar-refractivity contribution in [1.82, 2.24) is 0 Å². The van der Waals surface area contributed by atoms with Crippen LogP contribution in [0.1, 0.15) is 20.3 Å². The van der Waals surface area contributed by atoms with Crippen LogP contribution in [0.2, 0.25) is 0 Å². The van der Waals surface area contributed by atoms with Crippen molar-refractivity contribution >= 4 is 5.97 Å². The van der Waals surface area contributed by atoms with Crippen LogP contribution in [0.4, 0.5) is 0 Å². The van der Waals surface area contributed by atoms with E-state index in [4.69, 9.17) is 9.84 Å². The number of carboxylic acids is 1.